The molecule has 0 amide bonds. The first-order valence-electron chi connectivity index (χ1n) is 5.75. The molecule has 0 aliphatic carbocycles. The van der Waals surface area contributed by atoms with Crippen molar-refractivity contribution >= 4 is 0 Å². The molecule has 0 fully saturated rings. The zero-order chi connectivity index (χ0) is 14.5. The molecule has 0 heterocycles. The summed E-state index contributed by atoms with van der Waals surface area (Å²) in [4.78, 5) is 0. The lowest BCUT2D eigenvalue weighted by atomic mass is 9.90. The Morgan fingerprint density at radius 1 is 1.47 bits per heavy atom. The number of nitrogens with zero attached hydrogens (tertiary/aromatic N) is 1. The predicted molar refractivity (Wildman–Crippen MR) is 68.4 cm³/mol. The van der Waals surface area contributed by atoms with Crippen molar-refractivity contribution in [2.24, 2.45) is 5.73 Å². The van der Waals surface area contributed by atoms with Crippen LogP contribution in [0.1, 0.15) is 12.5 Å². The molecule has 0 saturated carbocycles. The van der Waals surface area contributed by atoms with Crippen LogP contribution in [0.4, 0.5) is 8.78 Å². The number of rotatable bonds is 6. The molecule has 0 spiro atoms. The molecule has 1 aromatic rings. The highest BCUT2D eigenvalue weighted by molar-refractivity contribution is 5.31. The van der Waals surface area contributed by atoms with E-state index in [1.54, 1.807) is 6.92 Å². The number of alkyl halides is 2. The van der Waals surface area contributed by atoms with Crippen LogP contribution in [0.2, 0.25) is 0 Å². The molecular formula is C14H16F2N2O. The van der Waals surface area contributed by atoms with Crippen molar-refractivity contribution in [1.29, 1.82) is 5.26 Å². The normalized spacial score (nSPS) is 15.6. The third-order valence-electron chi connectivity index (χ3n) is 2.89. The van der Waals surface area contributed by atoms with Crippen molar-refractivity contribution in [3.63, 3.8) is 0 Å². The van der Waals surface area contributed by atoms with E-state index in [2.05, 4.69) is 6.58 Å². The van der Waals surface area contributed by atoms with Crippen molar-refractivity contribution in [2.45, 2.75) is 31.6 Å². The van der Waals surface area contributed by atoms with Gasteiger partial charge in [-0.1, -0.05) is 36.9 Å². The van der Waals surface area contributed by atoms with Crippen LogP contribution < -0.4 is 5.73 Å². The van der Waals surface area contributed by atoms with Crippen molar-refractivity contribution in [2.75, 3.05) is 0 Å². The lowest BCUT2D eigenvalue weighted by molar-refractivity contribution is 0.0454. The first-order chi connectivity index (χ1) is 8.91. The smallest absolute Gasteiger partial charge is 0.273 e. The molecule has 0 saturated heterocycles. The number of benzene rings is 1. The van der Waals surface area contributed by atoms with Gasteiger partial charge in [-0.05, 0) is 18.1 Å². The lowest BCUT2D eigenvalue weighted by Crippen LogP contribution is -2.50. The highest BCUT2D eigenvalue weighted by atomic mass is 19.3. The van der Waals surface area contributed by atoms with Crippen LogP contribution in [0.15, 0.2) is 42.5 Å². The number of nitriles is 1. The first kappa shape index (κ1) is 15.3. The summed E-state index contributed by atoms with van der Waals surface area (Å²) in [5.41, 5.74) is 3.76. The lowest BCUT2D eigenvalue weighted by Gasteiger charge is -2.27. The maximum Gasteiger partial charge on any atom is 0.273 e. The van der Waals surface area contributed by atoms with E-state index in [-0.39, 0.29) is 12.2 Å². The second kappa shape index (κ2) is 6.41. The second-order valence-electron chi connectivity index (χ2n) is 4.25. The molecule has 0 aliphatic heterocycles. The van der Waals surface area contributed by atoms with Crippen molar-refractivity contribution in [1.82, 2.24) is 0 Å². The van der Waals surface area contributed by atoms with Crippen molar-refractivity contribution in [3.05, 3.63) is 48.0 Å². The third-order valence-corrected chi connectivity index (χ3v) is 2.89. The Hall–Kier alpha value is -1.77. The van der Waals surface area contributed by atoms with E-state index in [0.29, 0.717) is 0 Å². The number of nitrogens with two attached hydrogens (primary N) is 1. The van der Waals surface area contributed by atoms with Gasteiger partial charge in [0.25, 0.3) is 6.43 Å². The summed E-state index contributed by atoms with van der Waals surface area (Å²) < 4.78 is 31.0. The van der Waals surface area contributed by atoms with Crippen LogP contribution >= 0.6 is 0 Å². The Kier molecular flexibility index (Phi) is 5.16. The number of hydrogen-bond donors (Lipinski definition) is 1. The molecule has 5 heteroatoms. The van der Waals surface area contributed by atoms with E-state index < -0.39 is 18.1 Å². The molecule has 102 valence electrons. The number of halogens is 2. The first-order valence-corrected chi connectivity index (χ1v) is 5.75. The summed E-state index contributed by atoms with van der Waals surface area (Å²) >= 11 is 0. The highest BCUT2D eigenvalue weighted by Gasteiger charge is 2.41. The zero-order valence-electron chi connectivity index (χ0n) is 10.6. The van der Waals surface area contributed by atoms with Gasteiger partial charge in [-0.25, -0.2) is 8.78 Å². The SMILES string of the molecule is C=C(C(C)OCc1ccccc1)C(N)(C#N)C(F)F. The maximum absolute atomic E-state index is 12.8. The van der Waals surface area contributed by atoms with Gasteiger partial charge in [0.05, 0.1) is 18.8 Å². The fourth-order valence-corrected chi connectivity index (χ4v) is 1.49. The van der Waals surface area contributed by atoms with Gasteiger partial charge in [0.15, 0.2) is 5.54 Å². The standard InChI is InChI=1S/C14H16F2N2O/c1-10(14(18,9-17)13(15)16)11(2)19-8-12-6-4-3-5-7-12/h3-7,11,13H,1,8,18H2,2H3. The second-order valence-corrected chi connectivity index (χ2v) is 4.25. The maximum atomic E-state index is 12.8. The summed E-state index contributed by atoms with van der Waals surface area (Å²) in [5, 5.41) is 8.79. The van der Waals surface area contributed by atoms with Gasteiger partial charge in [-0.15, -0.1) is 0 Å². The largest absolute Gasteiger partial charge is 0.369 e. The summed E-state index contributed by atoms with van der Waals surface area (Å²) in [6, 6.07) is 10.7. The average Bonchev–Trinajstić information content (AvgIpc) is 2.43. The van der Waals surface area contributed by atoms with E-state index in [1.807, 2.05) is 30.3 Å². The van der Waals surface area contributed by atoms with Gasteiger partial charge >= 0.3 is 0 Å². The van der Waals surface area contributed by atoms with Crippen LogP contribution in [0.5, 0.6) is 0 Å². The van der Waals surface area contributed by atoms with E-state index in [1.165, 1.54) is 6.07 Å². The fourth-order valence-electron chi connectivity index (χ4n) is 1.49. The van der Waals surface area contributed by atoms with Crippen LogP contribution in [0, 0.1) is 11.3 Å². The summed E-state index contributed by atoms with van der Waals surface area (Å²) in [5.74, 6) is 0. The van der Waals surface area contributed by atoms with E-state index in [4.69, 9.17) is 15.7 Å². The molecule has 2 N–H and O–H groups in total. The molecule has 3 nitrogen and oxygen atoms in total. The molecule has 2 atom stereocenters. The Bertz CT molecular complexity index is 470. The van der Waals surface area contributed by atoms with Crippen molar-refractivity contribution < 1.29 is 13.5 Å². The Balaban J connectivity index is 2.66. The van der Waals surface area contributed by atoms with Crippen LogP contribution in [-0.4, -0.2) is 18.1 Å². The molecule has 2 unspecified atom stereocenters. The summed E-state index contributed by atoms with van der Waals surface area (Å²) in [7, 11) is 0. The van der Waals surface area contributed by atoms with E-state index >= 15 is 0 Å². The Morgan fingerprint density at radius 2 is 2.05 bits per heavy atom. The van der Waals surface area contributed by atoms with Gasteiger partial charge in [0, 0.05) is 0 Å². The average molecular weight is 266 g/mol. The predicted octanol–water partition coefficient (Wildman–Crippen LogP) is 2.63. The molecule has 0 aliphatic rings. The quantitative estimate of drug-likeness (QED) is 0.805. The molecule has 0 radical (unpaired) electrons. The molecule has 1 rings (SSSR count). The topological polar surface area (TPSA) is 59.0 Å². The van der Waals surface area contributed by atoms with Crippen molar-refractivity contribution in [3.8, 4) is 6.07 Å². The molecular weight excluding hydrogens is 250 g/mol. The van der Waals surface area contributed by atoms with Gasteiger partial charge in [0.2, 0.25) is 0 Å². The van der Waals surface area contributed by atoms with Gasteiger partial charge in [-0.3, -0.25) is 0 Å². The van der Waals surface area contributed by atoms with Gasteiger partial charge < -0.3 is 10.5 Å². The zero-order valence-corrected chi connectivity index (χ0v) is 10.6. The summed E-state index contributed by atoms with van der Waals surface area (Å²) in [6.07, 6.45) is -3.74. The van der Waals surface area contributed by atoms with E-state index in [9.17, 15) is 8.78 Å². The third kappa shape index (κ3) is 3.60. The van der Waals surface area contributed by atoms with E-state index in [0.717, 1.165) is 5.56 Å². The number of ether oxygens (including phenoxy) is 1. The molecule has 0 aromatic heterocycles. The summed E-state index contributed by atoms with van der Waals surface area (Å²) in [6.45, 7) is 5.27. The molecule has 19 heavy (non-hydrogen) atoms. The monoisotopic (exact) mass is 266 g/mol. The number of hydrogen-bond acceptors (Lipinski definition) is 3. The minimum Gasteiger partial charge on any atom is -0.369 e. The van der Waals surface area contributed by atoms with Crippen LogP contribution in [0.3, 0.4) is 0 Å². The minimum absolute atomic E-state index is 0.124. The highest BCUT2D eigenvalue weighted by Crippen LogP contribution is 2.24. The molecule has 1 aromatic carbocycles. The molecule has 0 bridgehead atoms. The fraction of sp³-hybridized carbons (Fsp3) is 0.357. The van der Waals surface area contributed by atoms with Crippen LogP contribution in [-0.2, 0) is 11.3 Å². The Labute approximate surface area is 111 Å². The minimum atomic E-state index is -3.01. The van der Waals surface area contributed by atoms with Crippen LogP contribution in [0.25, 0.3) is 0 Å². The Morgan fingerprint density at radius 3 is 2.53 bits per heavy atom. The van der Waals surface area contributed by atoms with Gasteiger partial charge in [-0.2, -0.15) is 5.26 Å². The van der Waals surface area contributed by atoms with Gasteiger partial charge in [0.1, 0.15) is 0 Å².